The SMILES string of the molecule is O=C(NC(=O)c1ccccn1)Nc1ccccc1. The number of benzene rings is 1. The Morgan fingerprint density at radius 1 is 0.944 bits per heavy atom. The van der Waals surface area contributed by atoms with Gasteiger partial charge in [-0.05, 0) is 24.3 Å². The van der Waals surface area contributed by atoms with Crippen LogP contribution in [0.25, 0.3) is 0 Å². The fourth-order valence-corrected chi connectivity index (χ4v) is 1.35. The number of imide groups is 1. The van der Waals surface area contributed by atoms with E-state index >= 15 is 0 Å². The minimum absolute atomic E-state index is 0.195. The van der Waals surface area contributed by atoms with Gasteiger partial charge in [0.05, 0.1) is 0 Å². The maximum absolute atomic E-state index is 11.6. The van der Waals surface area contributed by atoms with Crippen molar-refractivity contribution in [3.63, 3.8) is 0 Å². The van der Waals surface area contributed by atoms with Crippen molar-refractivity contribution in [2.45, 2.75) is 0 Å². The standard InChI is InChI=1S/C13H11N3O2/c17-12(11-8-4-5-9-14-11)16-13(18)15-10-6-2-1-3-7-10/h1-9H,(H2,15,16,17,18). The van der Waals surface area contributed by atoms with Gasteiger partial charge in [0.2, 0.25) is 0 Å². The van der Waals surface area contributed by atoms with Crippen molar-refractivity contribution in [1.82, 2.24) is 10.3 Å². The molecule has 1 heterocycles. The predicted molar refractivity (Wildman–Crippen MR) is 67.2 cm³/mol. The minimum Gasteiger partial charge on any atom is -0.308 e. The van der Waals surface area contributed by atoms with E-state index in [4.69, 9.17) is 0 Å². The molecule has 3 amide bonds. The zero-order valence-corrected chi connectivity index (χ0v) is 9.46. The van der Waals surface area contributed by atoms with Gasteiger partial charge in [0, 0.05) is 11.9 Å². The fourth-order valence-electron chi connectivity index (χ4n) is 1.35. The second-order valence-corrected chi connectivity index (χ2v) is 3.49. The molecule has 0 fully saturated rings. The van der Waals surface area contributed by atoms with Crippen LogP contribution in [0.3, 0.4) is 0 Å². The van der Waals surface area contributed by atoms with Gasteiger partial charge < -0.3 is 5.32 Å². The van der Waals surface area contributed by atoms with Crippen molar-refractivity contribution in [3.05, 3.63) is 60.4 Å². The van der Waals surface area contributed by atoms with E-state index in [2.05, 4.69) is 15.6 Å². The molecule has 0 bridgehead atoms. The van der Waals surface area contributed by atoms with Gasteiger partial charge in [-0.25, -0.2) is 4.79 Å². The van der Waals surface area contributed by atoms with Crippen LogP contribution in [0.1, 0.15) is 10.5 Å². The Morgan fingerprint density at radius 3 is 2.33 bits per heavy atom. The maximum atomic E-state index is 11.6. The number of aromatic nitrogens is 1. The maximum Gasteiger partial charge on any atom is 0.326 e. The van der Waals surface area contributed by atoms with Crippen molar-refractivity contribution in [2.24, 2.45) is 0 Å². The molecule has 5 heteroatoms. The molecule has 0 aliphatic heterocycles. The molecule has 5 nitrogen and oxygen atoms in total. The Labute approximate surface area is 104 Å². The van der Waals surface area contributed by atoms with Crippen LogP contribution in [0.15, 0.2) is 54.7 Å². The molecule has 0 aliphatic carbocycles. The van der Waals surface area contributed by atoms with Crippen molar-refractivity contribution < 1.29 is 9.59 Å². The van der Waals surface area contributed by atoms with Gasteiger partial charge in [-0.2, -0.15) is 0 Å². The van der Waals surface area contributed by atoms with Gasteiger partial charge in [-0.1, -0.05) is 24.3 Å². The molecule has 0 unspecified atom stereocenters. The molecular weight excluding hydrogens is 230 g/mol. The molecule has 1 aromatic heterocycles. The fraction of sp³-hybridized carbons (Fsp3) is 0. The van der Waals surface area contributed by atoms with Gasteiger partial charge in [0.1, 0.15) is 5.69 Å². The Bertz CT molecular complexity index is 541. The number of urea groups is 1. The van der Waals surface area contributed by atoms with Crippen LogP contribution in [0, 0.1) is 0 Å². The first-order valence-electron chi connectivity index (χ1n) is 5.34. The molecule has 0 aliphatic rings. The minimum atomic E-state index is -0.586. The molecule has 18 heavy (non-hydrogen) atoms. The third-order valence-electron chi connectivity index (χ3n) is 2.16. The highest BCUT2D eigenvalue weighted by atomic mass is 16.2. The summed E-state index contributed by atoms with van der Waals surface area (Å²) < 4.78 is 0. The summed E-state index contributed by atoms with van der Waals surface area (Å²) >= 11 is 0. The lowest BCUT2D eigenvalue weighted by atomic mass is 10.3. The topological polar surface area (TPSA) is 71.1 Å². The summed E-state index contributed by atoms with van der Waals surface area (Å²) in [6.45, 7) is 0. The Balaban J connectivity index is 1.94. The zero-order valence-electron chi connectivity index (χ0n) is 9.46. The molecule has 1 aromatic carbocycles. The number of carbonyl (C=O) groups excluding carboxylic acids is 2. The Morgan fingerprint density at radius 2 is 1.67 bits per heavy atom. The summed E-state index contributed by atoms with van der Waals surface area (Å²) in [5, 5.41) is 4.74. The number of hydrogen-bond acceptors (Lipinski definition) is 3. The highest BCUT2D eigenvalue weighted by Crippen LogP contribution is 2.04. The van der Waals surface area contributed by atoms with Crippen molar-refractivity contribution >= 4 is 17.6 Å². The monoisotopic (exact) mass is 241 g/mol. The number of para-hydroxylation sites is 1. The Kier molecular flexibility index (Phi) is 3.66. The first-order valence-corrected chi connectivity index (χ1v) is 5.34. The average Bonchev–Trinajstić information content (AvgIpc) is 2.40. The summed E-state index contributed by atoms with van der Waals surface area (Å²) in [5.41, 5.74) is 0.810. The van der Waals surface area contributed by atoms with E-state index in [0.29, 0.717) is 5.69 Å². The van der Waals surface area contributed by atoms with E-state index in [9.17, 15) is 9.59 Å². The summed E-state index contributed by atoms with van der Waals surface area (Å²) in [6, 6.07) is 13.2. The molecule has 0 saturated heterocycles. The largest absolute Gasteiger partial charge is 0.326 e. The first kappa shape index (κ1) is 11.8. The second-order valence-electron chi connectivity index (χ2n) is 3.49. The number of rotatable bonds is 2. The van der Waals surface area contributed by atoms with Crippen molar-refractivity contribution in [1.29, 1.82) is 0 Å². The third-order valence-corrected chi connectivity index (χ3v) is 2.16. The molecule has 0 spiro atoms. The lowest BCUT2D eigenvalue weighted by molar-refractivity contribution is 0.0962. The number of nitrogens with one attached hydrogen (secondary N) is 2. The van der Waals surface area contributed by atoms with E-state index in [1.54, 1.807) is 36.4 Å². The van der Waals surface area contributed by atoms with Gasteiger partial charge in [0.25, 0.3) is 5.91 Å². The molecule has 2 N–H and O–H groups in total. The predicted octanol–water partition coefficient (Wildman–Crippen LogP) is 2.04. The summed E-state index contributed by atoms with van der Waals surface area (Å²) in [5.74, 6) is -0.538. The van der Waals surface area contributed by atoms with Crippen LogP contribution >= 0.6 is 0 Å². The second kappa shape index (κ2) is 5.58. The van der Waals surface area contributed by atoms with Gasteiger partial charge in [-0.15, -0.1) is 0 Å². The van der Waals surface area contributed by atoms with Crippen LogP contribution in [0.2, 0.25) is 0 Å². The van der Waals surface area contributed by atoms with E-state index in [1.807, 2.05) is 6.07 Å². The lowest BCUT2D eigenvalue weighted by Crippen LogP contribution is -2.34. The number of amides is 3. The third kappa shape index (κ3) is 3.15. The smallest absolute Gasteiger partial charge is 0.308 e. The quantitative estimate of drug-likeness (QED) is 0.845. The van der Waals surface area contributed by atoms with E-state index in [1.165, 1.54) is 12.3 Å². The summed E-state index contributed by atoms with van der Waals surface area (Å²) in [6.07, 6.45) is 1.49. The number of hydrogen-bond donors (Lipinski definition) is 2. The summed E-state index contributed by atoms with van der Waals surface area (Å²) in [4.78, 5) is 27.0. The number of nitrogens with zero attached hydrogens (tertiary/aromatic N) is 1. The number of carbonyl (C=O) groups is 2. The molecule has 2 rings (SSSR count). The van der Waals surface area contributed by atoms with Crippen LogP contribution in [-0.4, -0.2) is 16.9 Å². The highest BCUT2D eigenvalue weighted by molar-refractivity contribution is 6.07. The van der Waals surface area contributed by atoms with Crippen LogP contribution < -0.4 is 10.6 Å². The normalized spacial score (nSPS) is 9.56. The lowest BCUT2D eigenvalue weighted by Gasteiger charge is -2.05. The van der Waals surface area contributed by atoms with Crippen LogP contribution in [0.4, 0.5) is 10.5 Å². The van der Waals surface area contributed by atoms with E-state index in [-0.39, 0.29) is 5.69 Å². The van der Waals surface area contributed by atoms with Crippen molar-refractivity contribution in [3.8, 4) is 0 Å². The average molecular weight is 241 g/mol. The van der Waals surface area contributed by atoms with E-state index in [0.717, 1.165) is 0 Å². The first-order chi connectivity index (χ1) is 8.75. The summed E-state index contributed by atoms with van der Waals surface area (Å²) in [7, 11) is 0. The molecule has 0 saturated carbocycles. The highest BCUT2D eigenvalue weighted by Gasteiger charge is 2.10. The Hall–Kier alpha value is -2.69. The molecule has 0 atom stereocenters. The molecule has 0 radical (unpaired) electrons. The van der Waals surface area contributed by atoms with Gasteiger partial charge >= 0.3 is 6.03 Å². The molecule has 2 aromatic rings. The van der Waals surface area contributed by atoms with Crippen LogP contribution in [0.5, 0.6) is 0 Å². The van der Waals surface area contributed by atoms with Crippen LogP contribution in [-0.2, 0) is 0 Å². The number of anilines is 1. The molecule has 90 valence electrons. The zero-order chi connectivity index (χ0) is 12.8. The molecular formula is C13H11N3O2. The van der Waals surface area contributed by atoms with Crippen molar-refractivity contribution in [2.75, 3.05) is 5.32 Å². The number of pyridine rings is 1. The van der Waals surface area contributed by atoms with Gasteiger partial charge in [0.15, 0.2) is 0 Å². The van der Waals surface area contributed by atoms with Gasteiger partial charge in [-0.3, -0.25) is 15.1 Å². The van der Waals surface area contributed by atoms with E-state index < -0.39 is 11.9 Å².